The minimum atomic E-state index is -0.465. The van der Waals surface area contributed by atoms with Crippen molar-refractivity contribution in [2.75, 3.05) is 18.7 Å². The van der Waals surface area contributed by atoms with Crippen LogP contribution in [0.2, 0.25) is 0 Å². The van der Waals surface area contributed by atoms with Gasteiger partial charge in [-0.3, -0.25) is 0 Å². The Bertz CT molecular complexity index is 594. The largest absolute Gasteiger partial charge is 0.463 e. The molecule has 0 aliphatic rings. The van der Waals surface area contributed by atoms with Crippen molar-refractivity contribution in [3.8, 4) is 0 Å². The van der Waals surface area contributed by atoms with Crippen LogP contribution in [-0.4, -0.2) is 19.3 Å². The fourth-order valence-electron chi connectivity index (χ4n) is 1.83. The van der Waals surface area contributed by atoms with Crippen LogP contribution in [0.25, 0.3) is 0 Å². The van der Waals surface area contributed by atoms with Gasteiger partial charge >= 0.3 is 5.97 Å². The van der Waals surface area contributed by atoms with Gasteiger partial charge in [-0.05, 0) is 43.5 Å². The van der Waals surface area contributed by atoms with E-state index < -0.39 is 5.97 Å². The molecule has 0 fully saturated rings. The average molecular weight is 291 g/mol. The molecule has 0 spiro atoms. The lowest BCUT2D eigenvalue weighted by molar-refractivity contribution is 0.0562. The normalized spacial score (nSPS) is 11.9. The Balaban J connectivity index is 2.09. The number of carbonyl (C=O) groups is 1. The Kier molecular flexibility index (Phi) is 4.74. The monoisotopic (exact) mass is 291 g/mol. The number of hydrogen-bond donors (Lipinski definition) is 1. The number of benzene rings is 1. The van der Waals surface area contributed by atoms with Crippen molar-refractivity contribution in [1.82, 2.24) is 0 Å². The molecule has 4 nitrogen and oxygen atoms in total. The topological polar surface area (TPSA) is 51.5 Å². The Labute approximate surface area is 122 Å². The number of esters is 1. The van der Waals surface area contributed by atoms with Gasteiger partial charge in [0.25, 0.3) is 0 Å². The summed E-state index contributed by atoms with van der Waals surface area (Å²) in [6, 6.07) is 11.5. The van der Waals surface area contributed by atoms with Crippen LogP contribution < -0.4 is 5.32 Å². The maximum atomic E-state index is 11.4. The highest BCUT2D eigenvalue weighted by Gasteiger charge is 2.15. The summed E-state index contributed by atoms with van der Waals surface area (Å²) in [5.74, 6) is 0.446. The Morgan fingerprint density at radius 1 is 1.35 bits per heavy atom. The van der Waals surface area contributed by atoms with Crippen molar-refractivity contribution in [1.29, 1.82) is 0 Å². The molecule has 0 bridgehead atoms. The smallest absolute Gasteiger partial charge is 0.373 e. The summed E-state index contributed by atoms with van der Waals surface area (Å²) in [5, 5.41) is 3.34. The number of ether oxygens (including phenoxy) is 1. The van der Waals surface area contributed by atoms with E-state index in [9.17, 15) is 4.79 Å². The third kappa shape index (κ3) is 3.36. The summed E-state index contributed by atoms with van der Waals surface area (Å²) in [6.07, 6.45) is 2.04. The van der Waals surface area contributed by atoms with E-state index >= 15 is 0 Å². The molecule has 1 aromatic carbocycles. The first kappa shape index (κ1) is 14.5. The molecule has 1 aromatic heterocycles. The highest BCUT2D eigenvalue weighted by atomic mass is 32.2. The van der Waals surface area contributed by atoms with Gasteiger partial charge in [-0.25, -0.2) is 4.79 Å². The van der Waals surface area contributed by atoms with Crippen LogP contribution in [0.5, 0.6) is 0 Å². The van der Waals surface area contributed by atoms with E-state index in [1.165, 1.54) is 12.0 Å². The summed E-state index contributed by atoms with van der Waals surface area (Å²) in [7, 11) is 1.33. The predicted octanol–water partition coefficient (Wildman–Crippen LogP) is 3.96. The van der Waals surface area contributed by atoms with Crippen molar-refractivity contribution >= 4 is 23.4 Å². The minimum absolute atomic E-state index is 0.0366. The molecule has 106 valence electrons. The average Bonchev–Trinajstić information content (AvgIpc) is 2.96. The first-order chi connectivity index (χ1) is 9.63. The molecule has 2 rings (SSSR count). The zero-order valence-electron chi connectivity index (χ0n) is 11.7. The standard InChI is InChI=1S/C15H17NO3S/c1-10(13-7-8-14(19-13)15(17)18-2)16-11-5-4-6-12(9-11)20-3/h4-10,16H,1-3H3. The zero-order valence-corrected chi connectivity index (χ0v) is 12.5. The number of methoxy groups -OCH3 is 1. The van der Waals surface area contributed by atoms with Crippen LogP contribution in [-0.2, 0) is 4.74 Å². The molecule has 1 N–H and O–H groups in total. The molecule has 0 saturated heterocycles. The first-order valence-electron chi connectivity index (χ1n) is 6.22. The molecule has 0 saturated carbocycles. The lowest BCUT2D eigenvalue weighted by Gasteiger charge is -2.13. The molecule has 0 amide bonds. The van der Waals surface area contributed by atoms with Crippen LogP contribution in [0.15, 0.2) is 45.7 Å². The van der Waals surface area contributed by atoms with Crippen LogP contribution in [0.4, 0.5) is 5.69 Å². The van der Waals surface area contributed by atoms with E-state index in [0.29, 0.717) is 5.76 Å². The molecule has 5 heteroatoms. The van der Waals surface area contributed by atoms with E-state index in [0.717, 1.165) is 5.69 Å². The second-order valence-electron chi connectivity index (χ2n) is 4.29. The van der Waals surface area contributed by atoms with E-state index in [2.05, 4.69) is 22.2 Å². The third-order valence-corrected chi connectivity index (χ3v) is 3.62. The van der Waals surface area contributed by atoms with Crippen LogP contribution in [0, 0.1) is 0 Å². The summed E-state index contributed by atoms with van der Waals surface area (Å²) in [5.41, 5.74) is 1.01. The van der Waals surface area contributed by atoms with Gasteiger partial charge < -0.3 is 14.5 Å². The van der Waals surface area contributed by atoms with Crippen molar-refractivity contribution < 1.29 is 13.9 Å². The molecule has 1 atom stereocenters. The molecule has 0 radical (unpaired) electrons. The predicted molar refractivity (Wildman–Crippen MR) is 80.3 cm³/mol. The van der Waals surface area contributed by atoms with Gasteiger partial charge in [-0.1, -0.05) is 6.07 Å². The van der Waals surface area contributed by atoms with Gasteiger partial charge in [-0.15, -0.1) is 11.8 Å². The molecular weight excluding hydrogens is 274 g/mol. The van der Waals surface area contributed by atoms with Crippen molar-refractivity contribution in [3.63, 3.8) is 0 Å². The molecule has 1 heterocycles. The number of thioether (sulfide) groups is 1. The van der Waals surface area contributed by atoms with Crippen molar-refractivity contribution in [2.45, 2.75) is 17.9 Å². The molecule has 0 aliphatic heterocycles. The fourth-order valence-corrected chi connectivity index (χ4v) is 2.29. The van der Waals surface area contributed by atoms with Crippen molar-refractivity contribution in [2.24, 2.45) is 0 Å². The fraction of sp³-hybridized carbons (Fsp3) is 0.267. The number of carbonyl (C=O) groups excluding carboxylic acids is 1. The Morgan fingerprint density at radius 3 is 2.85 bits per heavy atom. The quantitative estimate of drug-likeness (QED) is 0.667. The van der Waals surface area contributed by atoms with E-state index in [4.69, 9.17) is 4.42 Å². The Morgan fingerprint density at radius 2 is 2.15 bits per heavy atom. The highest BCUT2D eigenvalue weighted by Crippen LogP contribution is 2.24. The van der Waals surface area contributed by atoms with Crippen LogP contribution in [0.1, 0.15) is 29.3 Å². The molecular formula is C15H17NO3S. The van der Waals surface area contributed by atoms with E-state index in [1.54, 1.807) is 23.9 Å². The number of anilines is 1. The van der Waals surface area contributed by atoms with Crippen LogP contribution >= 0.6 is 11.8 Å². The lowest BCUT2D eigenvalue weighted by atomic mass is 10.2. The van der Waals surface area contributed by atoms with Gasteiger partial charge in [0.1, 0.15) is 5.76 Å². The van der Waals surface area contributed by atoms with Gasteiger partial charge in [0.15, 0.2) is 0 Å². The molecule has 0 aliphatic carbocycles. The summed E-state index contributed by atoms with van der Waals surface area (Å²) >= 11 is 1.69. The number of furan rings is 1. The van der Waals surface area contributed by atoms with Gasteiger partial charge in [0, 0.05) is 10.6 Å². The van der Waals surface area contributed by atoms with Gasteiger partial charge in [-0.2, -0.15) is 0 Å². The highest BCUT2D eigenvalue weighted by molar-refractivity contribution is 7.98. The summed E-state index contributed by atoms with van der Waals surface area (Å²) < 4.78 is 10.1. The van der Waals surface area contributed by atoms with Crippen molar-refractivity contribution in [3.05, 3.63) is 47.9 Å². The van der Waals surface area contributed by atoms with Crippen LogP contribution in [0.3, 0.4) is 0 Å². The summed E-state index contributed by atoms with van der Waals surface area (Å²) in [4.78, 5) is 12.5. The number of hydrogen-bond acceptors (Lipinski definition) is 5. The second kappa shape index (κ2) is 6.52. The lowest BCUT2D eigenvalue weighted by Crippen LogP contribution is -2.05. The maximum Gasteiger partial charge on any atom is 0.373 e. The first-order valence-corrected chi connectivity index (χ1v) is 7.45. The van der Waals surface area contributed by atoms with E-state index in [-0.39, 0.29) is 11.8 Å². The van der Waals surface area contributed by atoms with Gasteiger partial charge in [0.2, 0.25) is 5.76 Å². The molecule has 2 aromatic rings. The third-order valence-electron chi connectivity index (χ3n) is 2.89. The number of rotatable bonds is 5. The molecule has 20 heavy (non-hydrogen) atoms. The van der Waals surface area contributed by atoms with Gasteiger partial charge in [0.05, 0.1) is 13.2 Å². The minimum Gasteiger partial charge on any atom is -0.463 e. The maximum absolute atomic E-state index is 11.4. The Hall–Kier alpha value is -1.88. The zero-order chi connectivity index (χ0) is 14.5. The number of nitrogens with one attached hydrogen (secondary N) is 1. The summed E-state index contributed by atoms with van der Waals surface area (Å²) in [6.45, 7) is 1.98. The molecule has 1 unspecified atom stereocenters. The second-order valence-corrected chi connectivity index (χ2v) is 5.17. The van der Waals surface area contributed by atoms with E-state index in [1.807, 2.05) is 25.3 Å². The SMILES string of the molecule is COC(=O)c1ccc(C(C)Nc2cccc(SC)c2)o1.